The molecule has 0 unspecified atom stereocenters. The van der Waals surface area contributed by atoms with E-state index in [9.17, 15) is 4.79 Å². The maximum Gasteiger partial charge on any atom is 0.276 e. The maximum absolute atomic E-state index is 12.7. The molecule has 5 nitrogen and oxygen atoms in total. The van der Waals surface area contributed by atoms with Crippen LogP contribution in [0.5, 0.6) is 0 Å². The van der Waals surface area contributed by atoms with Crippen LogP contribution >= 0.6 is 0 Å². The summed E-state index contributed by atoms with van der Waals surface area (Å²) >= 11 is 0. The van der Waals surface area contributed by atoms with Gasteiger partial charge in [-0.1, -0.05) is 47.1 Å². The first-order valence-corrected chi connectivity index (χ1v) is 9.13. The molecule has 4 rings (SSSR count). The fraction of sp³-hybridized carbons (Fsp3) is 0.227. The van der Waals surface area contributed by atoms with Gasteiger partial charge in [0, 0.05) is 30.4 Å². The lowest BCUT2D eigenvalue weighted by Gasteiger charge is -2.27. The zero-order valence-corrected chi connectivity index (χ0v) is 15.3. The van der Waals surface area contributed by atoms with Crippen LogP contribution < -0.4 is 0 Å². The van der Waals surface area contributed by atoms with Crippen molar-refractivity contribution < 1.29 is 9.32 Å². The molecule has 1 aliphatic heterocycles. The Morgan fingerprint density at radius 3 is 2.59 bits per heavy atom. The lowest BCUT2D eigenvalue weighted by molar-refractivity contribution is 0.0733. The first-order chi connectivity index (χ1) is 13.2. The Labute approximate surface area is 158 Å². The number of piperidine rings is 1. The van der Waals surface area contributed by atoms with E-state index in [2.05, 4.69) is 16.2 Å². The number of carbonyl (C=O) groups excluding carboxylic acids is 1. The van der Waals surface area contributed by atoms with E-state index in [4.69, 9.17) is 4.52 Å². The van der Waals surface area contributed by atoms with Gasteiger partial charge in [-0.05, 0) is 38.0 Å². The third-order valence-corrected chi connectivity index (χ3v) is 4.74. The number of amides is 1. The van der Waals surface area contributed by atoms with E-state index in [1.54, 1.807) is 6.07 Å². The Hall–Kier alpha value is -3.21. The van der Waals surface area contributed by atoms with Crippen molar-refractivity contribution in [3.8, 4) is 11.3 Å². The second kappa shape index (κ2) is 7.58. The van der Waals surface area contributed by atoms with Gasteiger partial charge >= 0.3 is 0 Å². The van der Waals surface area contributed by atoms with Gasteiger partial charge in [0.2, 0.25) is 0 Å². The van der Waals surface area contributed by atoms with Crippen molar-refractivity contribution >= 4 is 12.0 Å². The molecule has 1 aromatic carbocycles. The molecule has 136 valence electrons. The standard InChI is InChI=1S/C22H21N3O2/c1-16-6-5-9-19(23-16)14-17-10-12-25(13-11-17)22(26)20-15-21(27-24-20)18-7-3-2-4-8-18/h2-9,14-15H,10-13H2,1H3. The fourth-order valence-electron chi connectivity index (χ4n) is 3.27. The molecule has 0 saturated carbocycles. The van der Waals surface area contributed by atoms with Gasteiger partial charge in [0.05, 0.1) is 5.69 Å². The van der Waals surface area contributed by atoms with Crippen LogP contribution in [0.25, 0.3) is 17.4 Å². The molecule has 1 saturated heterocycles. The van der Waals surface area contributed by atoms with Crippen molar-refractivity contribution in [3.63, 3.8) is 0 Å². The first-order valence-electron chi connectivity index (χ1n) is 9.13. The summed E-state index contributed by atoms with van der Waals surface area (Å²) in [5.74, 6) is 0.538. The van der Waals surface area contributed by atoms with Gasteiger partial charge in [0.25, 0.3) is 5.91 Å². The van der Waals surface area contributed by atoms with Crippen molar-refractivity contribution in [1.29, 1.82) is 0 Å². The summed E-state index contributed by atoms with van der Waals surface area (Å²) in [4.78, 5) is 19.1. The van der Waals surface area contributed by atoms with Crippen LogP contribution in [-0.4, -0.2) is 34.0 Å². The van der Waals surface area contributed by atoms with Crippen LogP contribution in [0.1, 0.15) is 34.7 Å². The molecule has 3 heterocycles. The number of nitrogens with zero attached hydrogens (tertiary/aromatic N) is 3. The Bertz CT molecular complexity index is 966. The molecular weight excluding hydrogens is 338 g/mol. The van der Waals surface area contributed by atoms with E-state index in [1.165, 1.54) is 5.57 Å². The van der Waals surface area contributed by atoms with Crippen LogP contribution in [0.2, 0.25) is 0 Å². The van der Waals surface area contributed by atoms with Crippen molar-refractivity contribution in [2.45, 2.75) is 19.8 Å². The average molecular weight is 359 g/mol. The summed E-state index contributed by atoms with van der Waals surface area (Å²) in [5, 5.41) is 3.97. The third kappa shape index (κ3) is 3.97. The average Bonchev–Trinajstić information content (AvgIpc) is 3.19. The minimum atomic E-state index is -0.0753. The van der Waals surface area contributed by atoms with E-state index >= 15 is 0 Å². The predicted octanol–water partition coefficient (Wildman–Crippen LogP) is 4.36. The summed E-state index contributed by atoms with van der Waals surface area (Å²) < 4.78 is 5.36. The molecule has 0 N–H and O–H groups in total. The maximum atomic E-state index is 12.7. The molecule has 2 aromatic heterocycles. The topological polar surface area (TPSA) is 59.2 Å². The highest BCUT2D eigenvalue weighted by Crippen LogP contribution is 2.23. The summed E-state index contributed by atoms with van der Waals surface area (Å²) in [5.41, 5.74) is 4.59. The van der Waals surface area contributed by atoms with Gasteiger partial charge in [-0.15, -0.1) is 0 Å². The zero-order valence-electron chi connectivity index (χ0n) is 15.3. The van der Waals surface area contributed by atoms with Crippen LogP contribution in [0.15, 0.2) is 64.7 Å². The molecular formula is C22H21N3O2. The van der Waals surface area contributed by atoms with Crippen LogP contribution in [0.3, 0.4) is 0 Å². The number of pyridine rings is 1. The van der Waals surface area contributed by atoms with E-state index in [0.29, 0.717) is 24.5 Å². The molecule has 1 aliphatic rings. The van der Waals surface area contributed by atoms with Crippen molar-refractivity contribution in [1.82, 2.24) is 15.0 Å². The molecule has 1 amide bonds. The molecule has 0 bridgehead atoms. The highest BCUT2D eigenvalue weighted by atomic mass is 16.5. The van der Waals surface area contributed by atoms with Crippen LogP contribution in [0, 0.1) is 6.92 Å². The van der Waals surface area contributed by atoms with E-state index < -0.39 is 0 Å². The molecule has 0 aliphatic carbocycles. The molecule has 0 radical (unpaired) electrons. The van der Waals surface area contributed by atoms with Crippen molar-refractivity contribution in [2.24, 2.45) is 0 Å². The molecule has 3 aromatic rings. The summed E-state index contributed by atoms with van der Waals surface area (Å²) in [6.07, 6.45) is 3.84. The van der Waals surface area contributed by atoms with Gasteiger partial charge in [-0.3, -0.25) is 9.78 Å². The smallest absolute Gasteiger partial charge is 0.276 e. The normalized spacial score (nSPS) is 14.3. The van der Waals surface area contributed by atoms with Gasteiger partial charge < -0.3 is 9.42 Å². The molecule has 0 atom stereocenters. The Morgan fingerprint density at radius 1 is 1.07 bits per heavy atom. The molecule has 0 spiro atoms. The first kappa shape index (κ1) is 17.2. The largest absolute Gasteiger partial charge is 0.355 e. The van der Waals surface area contributed by atoms with Gasteiger partial charge in [0.15, 0.2) is 11.5 Å². The minimum Gasteiger partial charge on any atom is -0.355 e. The predicted molar refractivity (Wildman–Crippen MR) is 104 cm³/mol. The fourth-order valence-corrected chi connectivity index (χ4v) is 3.27. The highest BCUT2D eigenvalue weighted by molar-refractivity contribution is 5.93. The van der Waals surface area contributed by atoms with E-state index in [1.807, 2.05) is 60.4 Å². The molecule has 5 heteroatoms. The number of hydrogen-bond acceptors (Lipinski definition) is 4. The number of carbonyl (C=O) groups is 1. The molecule has 1 fully saturated rings. The number of hydrogen-bond donors (Lipinski definition) is 0. The van der Waals surface area contributed by atoms with Crippen LogP contribution in [-0.2, 0) is 0 Å². The number of benzene rings is 1. The van der Waals surface area contributed by atoms with Crippen molar-refractivity contribution in [2.75, 3.05) is 13.1 Å². The van der Waals surface area contributed by atoms with E-state index in [0.717, 1.165) is 29.8 Å². The summed E-state index contributed by atoms with van der Waals surface area (Å²) in [6.45, 7) is 3.36. The monoisotopic (exact) mass is 359 g/mol. The summed E-state index contributed by atoms with van der Waals surface area (Å²) in [7, 11) is 0. The van der Waals surface area contributed by atoms with Gasteiger partial charge in [0.1, 0.15) is 0 Å². The summed E-state index contributed by atoms with van der Waals surface area (Å²) in [6, 6.07) is 17.4. The number of rotatable bonds is 3. The Balaban J connectivity index is 1.41. The molecule has 27 heavy (non-hydrogen) atoms. The second-order valence-electron chi connectivity index (χ2n) is 6.74. The Kier molecular flexibility index (Phi) is 4.83. The van der Waals surface area contributed by atoms with Crippen LogP contribution in [0.4, 0.5) is 0 Å². The van der Waals surface area contributed by atoms with Gasteiger partial charge in [-0.25, -0.2) is 0 Å². The highest BCUT2D eigenvalue weighted by Gasteiger charge is 2.23. The number of aryl methyl sites for hydroxylation is 1. The quantitative estimate of drug-likeness (QED) is 0.697. The van der Waals surface area contributed by atoms with E-state index in [-0.39, 0.29) is 5.91 Å². The number of likely N-dealkylation sites (tertiary alicyclic amines) is 1. The Morgan fingerprint density at radius 2 is 1.85 bits per heavy atom. The number of aromatic nitrogens is 2. The zero-order chi connectivity index (χ0) is 18.6. The lowest BCUT2D eigenvalue weighted by atomic mass is 10.0. The van der Waals surface area contributed by atoms with Crippen molar-refractivity contribution in [3.05, 3.63) is 77.3 Å². The van der Waals surface area contributed by atoms with Gasteiger partial charge in [-0.2, -0.15) is 0 Å². The SMILES string of the molecule is Cc1cccc(C=C2CCN(C(=O)c3cc(-c4ccccc4)on3)CC2)n1. The minimum absolute atomic E-state index is 0.0753. The second-order valence-corrected chi connectivity index (χ2v) is 6.74. The lowest BCUT2D eigenvalue weighted by Crippen LogP contribution is -2.36. The third-order valence-electron chi connectivity index (χ3n) is 4.74.